The van der Waals surface area contributed by atoms with E-state index in [0.29, 0.717) is 5.95 Å². The van der Waals surface area contributed by atoms with Gasteiger partial charge in [-0.15, -0.1) is 5.10 Å². The largest absolute Gasteiger partial charge is 0.367 e. The van der Waals surface area contributed by atoms with Gasteiger partial charge in [-0.3, -0.25) is 0 Å². The number of hydrogen-bond donors (Lipinski definition) is 2. The molecule has 1 aromatic heterocycles. The quantitative estimate of drug-likeness (QED) is 0.855. The van der Waals surface area contributed by atoms with Crippen LogP contribution in [-0.2, 0) is 0 Å². The van der Waals surface area contributed by atoms with Crippen molar-refractivity contribution in [1.82, 2.24) is 20.5 Å². The Morgan fingerprint density at radius 2 is 1.95 bits per heavy atom. The zero-order valence-electron chi connectivity index (χ0n) is 10.6. The van der Waals surface area contributed by atoms with Crippen LogP contribution in [0, 0.1) is 0 Å². The van der Waals surface area contributed by atoms with Crippen LogP contribution in [0.5, 0.6) is 0 Å². The van der Waals surface area contributed by atoms with Gasteiger partial charge in [-0.1, -0.05) is 12.1 Å². The minimum Gasteiger partial charge on any atom is -0.367 e. The number of benzene rings is 1. The molecule has 0 radical (unpaired) electrons. The highest BCUT2D eigenvalue weighted by atomic mass is 15.2. The maximum absolute atomic E-state index is 4.14. The molecule has 0 saturated carbocycles. The number of anilines is 3. The second-order valence-corrected chi connectivity index (χ2v) is 4.35. The fraction of sp³-hybridized carbons (Fsp3) is 0.308. The number of rotatable bonds is 3. The van der Waals surface area contributed by atoms with Crippen LogP contribution in [0.25, 0.3) is 0 Å². The van der Waals surface area contributed by atoms with E-state index in [1.54, 1.807) is 12.4 Å². The smallest absolute Gasteiger partial charge is 0.247 e. The van der Waals surface area contributed by atoms with Crippen molar-refractivity contribution >= 4 is 17.3 Å². The molecule has 0 unspecified atom stereocenters. The number of hydrogen-bond acceptors (Lipinski definition) is 6. The Balaban J connectivity index is 1.84. The van der Waals surface area contributed by atoms with E-state index < -0.39 is 0 Å². The van der Waals surface area contributed by atoms with E-state index in [1.807, 2.05) is 18.2 Å². The van der Waals surface area contributed by atoms with Gasteiger partial charge in [-0.25, -0.2) is 4.98 Å². The molecule has 0 bridgehead atoms. The predicted octanol–water partition coefficient (Wildman–Crippen LogP) is 1.02. The third kappa shape index (κ3) is 2.79. The van der Waals surface area contributed by atoms with Crippen molar-refractivity contribution in [2.24, 2.45) is 0 Å². The predicted molar refractivity (Wildman–Crippen MR) is 74.6 cm³/mol. The normalized spacial score (nSPS) is 15.3. The molecule has 98 valence electrons. The van der Waals surface area contributed by atoms with Crippen LogP contribution in [0.4, 0.5) is 17.3 Å². The number of aromatic nitrogens is 3. The van der Waals surface area contributed by atoms with Crippen molar-refractivity contribution in [3.63, 3.8) is 0 Å². The van der Waals surface area contributed by atoms with Crippen LogP contribution in [0.1, 0.15) is 0 Å². The summed E-state index contributed by atoms with van der Waals surface area (Å²) in [5.74, 6) is 0.519. The van der Waals surface area contributed by atoms with Gasteiger partial charge >= 0.3 is 0 Å². The topological polar surface area (TPSA) is 66.0 Å². The van der Waals surface area contributed by atoms with Crippen molar-refractivity contribution < 1.29 is 0 Å². The van der Waals surface area contributed by atoms with Crippen molar-refractivity contribution in [2.45, 2.75) is 0 Å². The number of nitrogens with zero attached hydrogens (tertiary/aromatic N) is 4. The lowest BCUT2D eigenvalue weighted by Crippen LogP contribution is -2.43. The summed E-state index contributed by atoms with van der Waals surface area (Å²) in [4.78, 5) is 6.50. The molecule has 0 spiro atoms. The highest BCUT2D eigenvalue weighted by Gasteiger charge is 2.14. The van der Waals surface area contributed by atoms with Crippen molar-refractivity contribution in [2.75, 3.05) is 36.4 Å². The molecule has 0 atom stereocenters. The molecule has 3 rings (SSSR count). The third-order valence-electron chi connectivity index (χ3n) is 3.09. The Morgan fingerprint density at radius 3 is 2.74 bits per heavy atom. The average Bonchev–Trinajstić information content (AvgIpc) is 2.50. The first-order valence-electron chi connectivity index (χ1n) is 6.39. The summed E-state index contributed by atoms with van der Waals surface area (Å²) in [5, 5.41) is 14.4. The molecule has 1 aliphatic heterocycles. The van der Waals surface area contributed by atoms with Gasteiger partial charge in [0, 0.05) is 26.2 Å². The van der Waals surface area contributed by atoms with Gasteiger partial charge in [-0.05, 0) is 12.1 Å². The SMILES string of the molecule is c1ccc(N2CCNCC2)c(Nc2nccnn2)c1. The Kier molecular flexibility index (Phi) is 3.51. The molecule has 0 amide bonds. The Labute approximate surface area is 111 Å². The Bertz CT molecular complexity index is 524. The second-order valence-electron chi connectivity index (χ2n) is 4.35. The van der Waals surface area contributed by atoms with Crippen LogP contribution >= 0.6 is 0 Å². The van der Waals surface area contributed by atoms with Crippen LogP contribution in [0.3, 0.4) is 0 Å². The van der Waals surface area contributed by atoms with Gasteiger partial charge in [0.15, 0.2) is 0 Å². The average molecular weight is 256 g/mol. The van der Waals surface area contributed by atoms with Gasteiger partial charge < -0.3 is 15.5 Å². The molecule has 6 nitrogen and oxygen atoms in total. The van der Waals surface area contributed by atoms with Gasteiger partial charge in [0.1, 0.15) is 0 Å². The molecular formula is C13H16N6. The lowest BCUT2D eigenvalue weighted by atomic mass is 10.2. The maximum atomic E-state index is 4.14. The molecule has 1 fully saturated rings. The fourth-order valence-corrected chi connectivity index (χ4v) is 2.19. The van der Waals surface area contributed by atoms with Crippen LogP contribution in [0.2, 0.25) is 0 Å². The van der Waals surface area contributed by atoms with Crippen molar-refractivity contribution in [3.05, 3.63) is 36.7 Å². The van der Waals surface area contributed by atoms with E-state index in [4.69, 9.17) is 0 Å². The number of nitrogens with one attached hydrogen (secondary N) is 2. The second kappa shape index (κ2) is 5.62. The monoisotopic (exact) mass is 256 g/mol. The highest BCUT2D eigenvalue weighted by molar-refractivity contribution is 5.73. The van der Waals surface area contributed by atoms with Crippen LogP contribution < -0.4 is 15.5 Å². The first-order chi connectivity index (χ1) is 9.43. The summed E-state index contributed by atoms with van der Waals surface area (Å²) in [6, 6.07) is 8.20. The zero-order chi connectivity index (χ0) is 12.9. The summed E-state index contributed by atoms with van der Waals surface area (Å²) in [6.07, 6.45) is 3.19. The molecule has 2 N–H and O–H groups in total. The molecule has 6 heteroatoms. The van der Waals surface area contributed by atoms with Crippen molar-refractivity contribution in [1.29, 1.82) is 0 Å². The zero-order valence-corrected chi connectivity index (χ0v) is 10.6. The first-order valence-corrected chi connectivity index (χ1v) is 6.39. The van der Waals surface area contributed by atoms with E-state index >= 15 is 0 Å². The highest BCUT2D eigenvalue weighted by Crippen LogP contribution is 2.27. The summed E-state index contributed by atoms with van der Waals surface area (Å²) in [7, 11) is 0. The molecule has 1 saturated heterocycles. The number of piperazine rings is 1. The minimum absolute atomic E-state index is 0.519. The van der Waals surface area contributed by atoms with Gasteiger partial charge in [-0.2, -0.15) is 5.10 Å². The van der Waals surface area contributed by atoms with E-state index in [2.05, 4.69) is 36.8 Å². The van der Waals surface area contributed by atoms with Gasteiger partial charge in [0.2, 0.25) is 5.95 Å². The van der Waals surface area contributed by atoms with E-state index in [1.165, 1.54) is 5.69 Å². The molecule has 2 aromatic rings. The number of para-hydroxylation sites is 2. The van der Waals surface area contributed by atoms with E-state index in [9.17, 15) is 0 Å². The van der Waals surface area contributed by atoms with Crippen LogP contribution in [-0.4, -0.2) is 41.4 Å². The van der Waals surface area contributed by atoms with Crippen molar-refractivity contribution in [3.8, 4) is 0 Å². The molecule has 2 heterocycles. The summed E-state index contributed by atoms with van der Waals surface area (Å²) in [6.45, 7) is 4.04. The lowest BCUT2D eigenvalue weighted by molar-refractivity contribution is 0.589. The van der Waals surface area contributed by atoms with Crippen LogP contribution in [0.15, 0.2) is 36.7 Å². The lowest BCUT2D eigenvalue weighted by Gasteiger charge is -2.31. The standard InChI is InChI=1S/C13H16N6/c1-2-4-12(19-9-7-14-8-10-19)11(3-1)17-13-15-5-6-16-18-13/h1-6,14H,7-10H2,(H,15,17,18). The summed E-state index contributed by atoms with van der Waals surface area (Å²) >= 11 is 0. The molecule has 1 aromatic carbocycles. The molecular weight excluding hydrogens is 240 g/mol. The van der Waals surface area contributed by atoms with E-state index in [0.717, 1.165) is 31.9 Å². The third-order valence-corrected chi connectivity index (χ3v) is 3.09. The summed E-state index contributed by atoms with van der Waals surface area (Å²) in [5.41, 5.74) is 2.19. The van der Waals surface area contributed by atoms with Gasteiger partial charge in [0.05, 0.1) is 23.8 Å². The maximum Gasteiger partial charge on any atom is 0.247 e. The molecule has 0 aliphatic carbocycles. The van der Waals surface area contributed by atoms with Gasteiger partial charge in [0.25, 0.3) is 0 Å². The van der Waals surface area contributed by atoms with E-state index in [-0.39, 0.29) is 0 Å². The first kappa shape index (κ1) is 11.9. The Morgan fingerprint density at radius 1 is 1.11 bits per heavy atom. The Hall–Kier alpha value is -2.21. The molecule has 19 heavy (non-hydrogen) atoms. The minimum atomic E-state index is 0.519. The molecule has 1 aliphatic rings. The summed E-state index contributed by atoms with van der Waals surface area (Å²) < 4.78 is 0. The fourth-order valence-electron chi connectivity index (χ4n) is 2.19.